The van der Waals surface area contributed by atoms with Gasteiger partial charge in [0, 0.05) is 44.0 Å². The van der Waals surface area contributed by atoms with Gasteiger partial charge in [0.15, 0.2) is 5.82 Å². The molecule has 2 N–H and O–H groups in total. The van der Waals surface area contributed by atoms with Gasteiger partial charge < -0.3 is 19.9 Å². The molecule has 0 aromatic carbocycles. The number of likely N-dealkylation sites (tertiary alicyclic amines) is 1. The molecular weight excluding hydrogens is 272 g/mol. The molecule has 2 aliphatic rings. The van der Waals surface area contributed by atoms with E-state index in [1.54, 1.807) is 6.92 Å². The van der Waals surface area contributed by atoms with Crippen molar-refractivity contribution in [2.75, 3.05) is 26.3 Å². The molecule has 0 radical (unpaired) electrons. The van der Waals surface area contributed by atoms with Crippen molar-refractivity contribution >= 4 is 5.91 Å². The first-order valence-corrected chi connectivity index (χ1v) is 7.50. The van der Waals surface area contributed by atoms with Gasteiger partial charge in [-0.2, -0.15) is 4.98 Å². The molecule has 7 nitrogen and oxygen atoms in total. The number of nitrogens with zero attached hydrogens (tertiary/aromatic N) is 3. The molecule has 2 fully saturated rings. The maximum absolute atomic E-state index is 12.3. The van der Waals surface area contributed by atoms with Crippen molar-refractivity contribution in [3.05, 3.63) is 11.7 Å². The summed E-state index contributed by atoms with van der Waals surface area (Å²) in [6, 6.07) is 0. The van der Waals surface area contributed by atoms with Crippen molar-refractivity contribution < 1.29 is 14.1 Å². The average Bonchev–Trinajstić information content (AvgIpc) is 3.01. The Labute approximate surface area is 123 Å². The Morgan fingerprint density at radius 3 is 3.14 bits per heavy atom. The lowest BCUT2D eigenvalue weighted by atomic mass is 9.84. The third kappa shape index (κ3) is 3.08. The normalized spacial score (nSPS) is 28.7. The summed E-state index contributed by atoms with van der Waals surface area (Å²) in [7, 11) is 0. The summed E-state index contributed by atoms with van der Waals surface area (Å²) in [5.41, 5.74) is 6.16. The van der Waals surface area contributed by atoms with Gasteiger partial charge in [-0.1, -0.05) is 5.16 Å². The van der Waals surface area contributed by atoms with Crippen LogP contribution in [0.4, 0.5) is 0 Å². The number of amides is 1. The number of nitrogens with two attached hydrogens (primary N) is 1. The smallest absolute Gasteiger partial charge is 0.226 e. The Morgan fingerprint density at radius 1 is 1.57 bits per heavy atom. The highest BCUT2D eigenvalue weighted by atomic mass is 16.5. The van der Waals surface area contributed by atoms with E-state index >= 15 is 0 Å². The highest BCUT2D eigenvalue weighted by molar-refractivity contribution is 5.76. The van der Waals surface area contributed by atoms with Gasteiger partial charge in [-0.25, -0.2) is 0 Å². The van der Waals surface area contributed by atoms with Gasteiger partial charge in [0.25, 0.3) is 0 Å². The Kier molecular flexibility index (Phi) is 3.95. The van der Waals surface area contributed by atoms with Crippen LogP contribution in [0.3, 0.4) is 0 Å². The summed E-state index contributed by atoms with van der Waals surface area (Å²) < 4.78 is 10.5. The van der Waals surface area contributed by atoms with Gasteiger partial charge in [0.1, 0.15) is 0 Å². The van der Waals surface area contributed by atoms with Crippen molar-refractivity contribution in [2.24, 2.45) is 11.7 Å². The second kappa shape index (κ2) is 5.73. The van der Waals surface area contributed by atoms with Crippen molar-refractivity contribution in [3.63, 3.8) is 0 Å². The number of aryl methyl sites for hydroxylation is 2. The SMILES string of the molecule is Cc1noc(CCCC(=O)N2C[C@@H]3COCC[C@]3(N)C2)n1. The summed E-state index contributed by atoms with van der Waals surface area (Å²) in [6.45, 7) is 4.52. The van der Waals surface area contributed by atoms with Crippen molar-refractivity contribution in [3.8, 4) is 0 Å². The van der Waals surface area contributed by atoms with Crippen LogP contribution in [-0.4, -0.2) is 52.8 Å². The van der Waals surface area contributed by atoms with E-state index in [9.17, 15) is 4.79 Å². The first kappa shape index (κ1) is 14.5. The quantitative estimate of drug-likeness (QED) is 0.857. The fraction of sp³-hybridized carbons (Fsp3) is 0.786. The molecule has 0 unspecified atom stereocenters. The molecule has 1 aromatic heterocycles. The van der Waals surface area contributed by atoms with Crippen LogP contribution in [0.25, 0.3) is 0 Å². The minimum Gasteiger partial charge on any atom is -0.381 e. The van der Waals surface area contributed by atoms with Gasteiger partial charge in [0.2, 0.25) is 11.8 Å². The molecule has 1 aromatic rings. The van der Waals surface area contributed by atoms with E-state index in [2.05, 4.69) is 10.1 Å². The Morgan fingerprint density at radius 2 is 2.43 bits per heavy atom. The summed E-state index contributed by atoms with van der Waals surface area (Å²) in [5, 5.41) is 3.74. The zero-order valence-corrected chi connectivity index (χ0v) is 12.4. The van der Waals surface area contributed by atoms with Crippen LogP contribution in [0.2, 0.25) is 0 Å². The van der Waals surface area contributed by atoms with Gasteiger partial charge in [-0.3, -0.25) is 4.79 Å². The summed E-state index contributed by atoms with van der Waals surface area (Å²) in [4.78, 5) is 18.3. The minimum absolute atomic E-state index is 0.158. The number of aromatic nitrogens is 2. The lowest BCUT2D eigenvalue weighted by molar-refractivity contribution is -0.130. The summed E-state index contributed by atoms with van der Waals surface area (Å²) in [5.74, 6) is 1.66. The molecule has 116 valence electrons. The molecule has 0 saturated carbocycles. The van der Waals surface area contributed by atoms with E-state index in [-0.39, 0.29) is 17.4 Å². The Bertz CT molecular complexity index is 518. The van der Waals surface area contributed by atoms with Gasteiger partial charge in [-0.15, -0.1) is 0 Å². The van der Waals surface area contributed by atoms with Gasteiger partial charge >= 0.3 is 0 Å². The van der Waals surface area contributed by atoms with E-state index in [0.717, 1.165) is 19.4 Å². The zero-order chi connectivity index (χ0) is 14.9. The maximum atomic E-state index is 12.3. The first-order chi connectivity index (χ1) is 10.1. The highest BCUT2D eigenvalue weighted by Gasteiger charge is 2.46. The second-order valence-electron chi connectivity index (χ2n) is 6.12. The molecule has 2 saturated heterocycles. The number of carbonyl (C=O) groups excluding carboxylic acids is 1. The molecule has 0 bridgehead atoms. The van der Waals surface area contributed by atoms with Crippen LogP contribution in [0.15, 0.2) is 4.52 Å². The molecule has 3 heterocycles. The van der Waals surface area contributed by atoms with E-state index in [1.165, 1.54) is 0 Å². The monoisotopic (exact) mass is 294 g/mol. The fourth-order valence-electron chi connectivity index (χ4n) is 3.17. The fourth-order valence-corrected chi connectivity index (χ4v) is 3.17. The minimum atomic E-state index is -0.252. The average molecular weight is 294 g/mol. The Balaban J connectivity index is 1.48. The molecule has 3 rings (SSSR count). The molecule has 1 amide bonds. The molecule has 21 heavy (non-hydrogen) atoms. The summed E-state index contributed by atoms with van der Waals surface area (Å²) >= 11 is 0. The van der Waals surface area contributed by atoms with Crippen LogP contribution >= 0.6 is 0 Å². The van der Waals surface area contributed by atoms with Crippen molar-refractivity contribution in [1.82, 2.24) is 15.0 Å². The lowest BCUT2D eigenvalue weighted by Crippen LogP contribution is -2.52. The molecular formula is C14H22N4O3. The second-order valence-corrected chi connectivity index (χ2v) is 6.12. The van der Waals surface area contributed by atoms with E-state index in [1.807, 2.05) is 4.90 Å². The standard InChI is InChI=1S/C14H22N4O3/c1-10-16-12(21-17-10)3-2-4-13(19)18-7-11-8-20-6-5-14(11,15)9-18/h11H,2-9,15H2,1H3/t11-,14+/m1/s1. The summed E-state index contributed by atoms with van der Waals surface area (Å²) in [6.07, 6.45) is 2.68. The lowest BCUT2D eigenvalue weighted by Gasteiger charge is -2.34. The maximum Gasteiger partial charge on any atom is 0.226 e. The third-order valence-corrected chi connectivity index (χ3v) is 4.47. The first-order valence-electron chi connectivity index (χ1n) is 7.50. The van der Waals surface area contributed by atoms with Crippen LogP contribution in [-0.2, 0) is 16.0 Å². The number of rotatable bonds is 4. The molecule has 2 atom stereocenters. The molecule has 0 aliphatic carbocycles. The third-order valence-electron chi connectivity index (χ3n) is 4.47. The van der Waals surface area contributed by atoms with Crippen LogP contribution in [0, 0.1) is 12.8 Å². The van der Waals surface area contributed by atoms with Gasteiger partial charge in [-0.05, 0) is 19.8 Å². The predicted octanol–water partition coefficient (Wildman–Crippen LogP) is 0.277. The largest absolute Gasteiger partial charge is 0.381 e. The number of carbonyl (C=O) groups is 1. The van der Waals surface area contributed by atoms with E-state index in [4.69, 9.17) is 15.0 Å². The van der Waals surface area contributed by atoms with E-state index in [0.29, 0.717) is 44.3 Å². The number of hydrogen-bond donors (Lipinski definition) is 1. The van der Waals surface area contributed by atoms with Gasteiger partial charge in [0.05, 0.1) is 6.61 Å². The predicted molar refractivity (Wildman–Crippen MR) is 74.4 cm³/mol. The highest BCUT2D eigenvalue weighted by Crippen LogP contribution is 2.32. The van der Waals surface area contributed by atoms with Crippen LogP contribution in [0.5, 0.6) is 0 Å². The molecule has 0 spiro atoms. The molecule has 2 aliphatic heterocycles. The number of hydrogen-bond acceptors (Lipinski definition) is 6. The zero-order valence-electron chi connectivity index (χ0n) is 12.4. The Hall–Kier alpha value is -1.47. The molecule has 7 heteroatoms. The van der Waals surface area contributed by atoms with Crippen LogP contribution < -0.4 is 5.73 Å². The van der Waals surface area contributed by atoms with Crippen molar-refractivity contribution in [2.45, 2.75) is 38.1 Å². The van der Waals surface area contributed by atoms with Crippen molar-refractivity contribution in [1.29, 1.82) is 0 Å². The number of fused-ring (bicyclic) bond motifs is 1. The number of ether oxygens (including phenoxy) is 1. The topological polar surface area (TPSA) is 94.5 Å². The van der Waals surface area contributed by atoms with E-state index < -0.39 is 0 Å². The van der Waals surface area contributed by atoms with Crippen LogP contribution in [0.1, 0.15) is 31.0 Å².